The third-order valence-electron chi connectivity index (χ3n) is 4.08. The van der Waals surface area contributed by atoms with Crippen molar-refractivity contribution < 1.29 is 22.3 Å². The molecule has 2 aromatic carbocycles. The Morgan fingerprint density at radius 1 is 1.03 bits per heavy atom. The Balaban J connectivity index is 1.49. The zero-order valence-electron chi connectivity index (χ0n) is 14.8. The summed E-state index contributed by atoms with van der Waals surface area (Å²) >= 11 is 0. The maximum Gasteiger partial charge on any atom is 0.433 e. The molecule has 0 aliphatic carbocycles. The molecule has 0 aliphatic heterocycles. The molecule has 2 aromatic heterocycles. The van der Waals surface area contributed by atoms with E-state index in [4.69, 9.17) is 4.74 Å². The van der Waals surface area contributed by atoms with E-state index in [1.54, 1.807) is 36.4 Å². The van der Waals surface area contributed by atoms with Gasteiger partial charge in [-0.15, -0.1) is 0 Å². The second-order valence-corrected chi connectivity index (χ2v) is 6.18. The Labute approximate surface area is 162 Å². The number of alkyl halides is 3. The maximum atomic E-state index is 13.8. The number of nitrogens with zero attached hydrogens (tertiary/aromatic N) is 2. The molecule has 4 rings (SSSR count). The molecule has 0 atom stereocenters. The van der Waals surface area contributed by atoms with Crippen LogP contribution in [0.25, 0.3) is 11.0 Å². The van der Waals surface area contributed by atoms with E-state index < -0.39 is 11.9 Å². The molecule has 0 fully saturated rings. The van der Waals surface area contributed by atoms with Crippen molar-refractivity contribution in [2.45, 2.75) is 12.8 Å². The molecule has 148 valence electrons. The summed E-state index contributed by atoms with van der Waals surface area (Å²) in [7, 11) is 0. The minimum Gasteiger partial charge on any atom is -0.486 e. The van der Waals surface area contributed by atoms with Crippen molar-refractivity contribution in [2.75, 3.05) is 5.32 Å². The number of fused-ring (bicyclic) bond motifs is 1. The van der Waals surface area contributed by atoms with Gasteiger partial charge in [0.05, 0.1) is 16.7 Å². The first kappa shape index (κ1) is 18.7. The average Bonchev–Trinajstić information content (AvgIpc) is 3.10. The number of para-hydroxylation sites is 1. The number of aromatic amines is 1. The zero-order valence-corrected chi connectivity index (χ0v) is 14.8. The molecule has 0 spiro atoms. The molecular weight excluding hydrogens is 388 g/mol. The predicted octanol–water partition coefficient (Wildman–Crippen LogP) is 5.44. The molecule has 0 amide bonds. The number of benzene rings is 2. The Hall–Kier alpha value is -3.62. The van der Waals surface area contributed by atoms with Crippen LogP contribution in [0, 0.1) is 5.82 Å². The van der Waals surface area contributed by atoms with E-state index in [-0.39, 0.29) is 18.2 Å². The zero-order chi connectivity index (χ0) is 20.4. The minimum absolute atomic E-state index is 0.0367. The maximum absolute atomic E-state index is 13.8. The van der Waals surface area contributed by atoms with Crippen molar-refractivity contribution >= 4 is 22.4 Å². The summed E-state index contributed by atoms with van der Waals surface area (Å²) in [5, 5.41) is 2.98. The second kappa shape index (κ2) is 7.42. The molecule has 9 heteroatoms. The fourth-order valence-electron chi connectivity index (χ4n) is 2.73. The number of imidazole rings is 1. The summed E-state index contributed by atoms with van der Waals surface area (Å²) in [6.07, 6.45) is -3.50. The van der Waals surface area contributed by atoms with Gasteiger partial charge in [-0.1, -0.05) is 12.1 Å². The summed E-state index contributed by atoms with van der Waals surface area (Å²) < 4.78 is 57.4. The molecule has 2 heterocycles. The Morgan fingerprint density at radius 3 is 2.66 bits per heavy atom. The van der Waals surface area contributed by atoms with Crippen LogP contribution in [0.3, 0.4) is 0 Å². The van der Waals surface area contributed by atoms with Crippen molar-refractivity contribution in [1.29, 1.82) is 0 Å². The standard InChI is InChI=1S/C20H14F4N4O/c21-14-3-1-2-4-15(14)26-12-5-6-16-17(9-12)28-19(27-16)11-29-13-7-8-25-18(10-13)20(22,23)24/h1-10,26H,11H2,(H,27,28). The summed E-state index contributed by atoms with van der Waals surface area (Å²) in [6.45, 7) is -0.0495. The number of halogens is 4. The van der Waals surface area contributed by atoms with E-state index in [1.807, 2.05) is 0 Å². The van der Waals surface area contributed by atoms with E-state index >= 15 is 0 Å². The minimum atomic E-state index is -4.54. The Morgan fingerprint density at radius 2 is 1.86 bits per heavy atom. The van der Waals surface area contributed by atoms with Gasteiger partial charge in [0, 0.05) is 18.0 Å². The first-order valence-corrected chi connectivity index (χ1v) is 8.55. The van der Waals surface area contributed by atoms with Gasteiger partial charge in [0.25, 0.3) is 0 Å². The normalized spacial score (nSPS) is 11.6. The second-order valence-electron chi connectivity index (χ2n) is 6.18. The van der Waals surface area contributed by atoms with E-state index in [2.05, 4.69) is 20.3 Å². The smallest absolute Gasteiger partial charge is 0.433 e. The molecule has 0 saturated carbocycles. The van der Waals surface area contributed by atoms with Gasteiger partial charge in [-0.25, -0.2) is 9.37 Å². The van der Waals surface area contributed by atoms with Crippen LogP contribution in [0.1, 0.15) is 11.5 Å². The summed E-state index contributed by atoms with van der Waals surface area (Å²) in [4.78, 5) is 10.7. The van der Waals surface area contributed by atoms with Crippen molar-refractivity contribution in [3.05, 3.63) is 78.1 Å². The van der Waals surface area contributed by atoms with Gasteiger partial charge >= 0.3 is 6.18 Å². The average molecular weight is 402 g/mol. The number of ether oxygens (including phenoxy) is 1. The van der Waals surface area contributed by atoms with Crippen molar-refractivity contribution in [3.63, 3.8) is 0 Å². The topological polar surface area (TPSA) is 62.8 Å². The first-order chi connectivity index (χ1) is 13.9. The number of hydrogen-bond donors (Lipinski definition) is 2. The highest BCUT2D eigenvalue weighted by Crippen LogP contribution is 2.29. The van der Waals surface area contributed by atoms with Crippen LogP contribution < -0.4 is 10.1 Å². The van der Waals surface area contributed by atoms with E-state index in [1.165, 1.54) is 12.1 Å². The predicted molar refractivity (Wildman–Crippen MR) is 99.3 cm³/mol. The van der Waals surface area contributed by atoms with E-state index in [0.717, 1.165) is 12.3 Å². The molecule has 0 radical (unpaired) electrons. The van der Waals surface area contributed by atoms with Gasteiger partial charge < -0.3 is 15.0 Å². The number of hydrogen-bond acceptors (Lipinski definition) is 4. The number of pyridine rings is 1. The summed E-state index contributed by atoms with van der Waals surface area (Å²) in [6, 6.07) is 13.7. The van der Waals surface area contributed by atoms with Gasteiger partial charge in [-0.2, -0.15) is 13.2 Å². The monoisotopic (exact) mass is 402 g/mol. The highest BCUT2D eigenvalue weighted by Gasteiger charge is 2.32. The van der Waals surface area contributed by atoms with Gasteiger partial charge in [0.2, 0.25) is 0 Å². The quantitative estimate of drug-likeness (QED) is 0.437. The lowest BCUT2D eigenvalue weighted by Gasteiger charge is -2.08. The van der Waals surface area contributed by atoms with Gasteiger partial charge in [0.1, 0.15) is 29.7 Å². The largest absolute Gasteiger partial charge is 0.486 e. The molecule has 0 aliphatic rings. The SMILES string of the molecule is Fc1ccccc1Nc1ccc2[nH]c(COc3ccnc(C(F)(F)F)c3)nc2c1. The van der Waals surface area contributed by atoms with Crippen LogP contribution in [-0.4, -0.2) is 15.0 Å². The molecule has 0 unspecified atom stereocenters. The molecular formula is C20H14F4N4O. The number of H-pyrrole nitrogens is 1. The lowest BCUT2D eigenvalue weighted by Crippen LogP contribution is -2.08. The van der Waals surface area contributed by atoms with Gasteiger partial charge in [-0.05, 0) is 36.4 Å². The van der Waals surface area contributed by atoms with Crippen LogP contribution in [-0.2, 0) is 12.8 Å². The van der Waals surface area contributed by atoms with Crippen LogP contribution in [0.15, 0.2) is 60.8 Å². The van der Waals surface area contributed by atoms with Crippen molar-refractivity contribution in [3.8, 4) is 5.75 Å². The molecule has 29 heavy (non-hydrogen) atoms. The van der Waals surface area contributed by atoms with Crippen LogP contribution in [0.5, 0.6) is 5.75 Å². The highest BCUT2D eigenvalue weighted by molar-refractivity contribution is 5.80. The van der Waals surface area contributed by atoms with E-state index in [9.17, 15) is 17.6 Å². The molecule has 0 bridgehead atoms. The molecule has 2 N–H and O–H groups in total. The van der Waals surface area contributed by atoms with Gasteiger partial charge in [-0.3, -0.25) is 4.98 Å². The fraction of sp³-hybridized carbons (Fsp3) is 0.100. The lowest BCUT2D eigenvalue weighted by atomic mass is 10.2. The van der Waals surface area contributed by atoms with Crippen LogP contribution in [0.2, 0.25) is 0 Å². The number of nitrogens with one attached hydrogen (secondary N) is 2. The molecule has 4 aromatic rings. The van der Waals surface area contributed by atoms with Crippen molar-refractivity contribution in [1.82, 2.24) is 15.0 Å². The fourth-order valence-corrected chi connectivity index (χ4v) is 2.73. The first-order valence-electron chi connectivity index (χ1n) is 8.55. The Bertz CT molecular complexity index is 1160. The Kier molecular flexibility index (Phi) is 4.79. The van der Waals surface area contributed by atoms with E-state index in [0.29, 0.717) is 28.2 Å². The molecule has 5 nitrogen and oxygen atoms in total. The highest BCUT2D eigenvalue weighted by atomic mass is 19.4. The van der Waals surface area contributed by atoms with Crippen molar-refractivity contribution in [2.24, 2.45) is 0 Å². The number of aromatic nitrogens is 3. The summed E-state index contributed by atoms with van der Waals surface area (Å²) in [5.74, 6) is 0.0994. The third kappa shape index (κ3) is 4.29. The van der Waals surface area contributed by atoms with Gasteiger partial charge in [0.15, 0.2) is 0 Å². The van der Waals surface area contributed by atoms with Crippen LogP contribution >= 0.6 is 0 Å². The molecule has 0 saturated heterocycles. The van der Waals surface area contributed by atoms with Crippen LogP contribution in [0.4, 0.5) is 28.9 Å². The summed E-state index contributed by atoms with van der Waals surface area (Å²) in [5.41, 5.74) is 1.28. The lowest BCUT2D eigenvalue weighted by molar-refractivity contribution is -0.141. The third-order valence-corrected chi connectivity index (χ3v) is 4.08. The number of rotatable bonds is 5. The number of anilines is 2.